The lowest BCUT2D eigenvalue weighted by Gasteiger charge is -2.16. The molecule has 1 N–H and O–H groups in total. The van der Waals surface area contributed by atoms with E-state index in [1.807, 2.05) is 0 Å². The molecule has 4 rings (SSSR count). The van der Waals surface area contributed by atoms with E-state index in [1.165, 1.54) is 19.2 Å². The van der Waals surface area contributed by atoms with Crippen LogP contribution in [-0.2, 0) is 11.4 Å². The van der Waals surface area contributed by atoms with Crippen LogP contribution in [0.25, 0.3) is 6.08 Å². The summed E-state index contributed by atoms with van der Waals surface area (Å²) in [4.78, 5) is 25.8. The van der Waals surface area contributed by atoms with E-state index < -0.39 is 17.6 Å². The van der Waals surface area contributed by atoms with Crippen LogP contribution in [0.3, 0.4) is 0 Å². The van der Waals surface area contributed by atoms with Gasteiger partial charge in [0.15, 0.2) is 15.8 Å². The van der Waals surface area contributed by atoms with Crippen LogP contribution in [0.4, 0.5) is 4.39 Å². The lowest BCUT2D eigenvalue weighted by molar-refractivity contribution is -0.123. The number of ether oxygens (including phenoxy) is 2. The topological polar surface area (TPSA) is 67.9 Å². The Hall–Kier alpha value is -3.11. The van der Waals surface area contributed by atoms with Crippen molar-refractivity contribution in [2.75, 3.05) is 7.11 Å². The summed E-state index contributed by atoms with van der Waals surface area (Å²) in [6.45, 7) is -0.0923. The zero-order valence-corrected chi connectivity index (χ0v) is 21.7. The first-order valence-electron chi connectivity index (χ1n) is 10.4. The smallest absolute Gasteiger partial charge is 0.285 e. The number of carbonyl (C=O) groups excluding carboxylic acids is 2. The van der Waals surface area contributed by atoms with E-state index in [2.05, 4.69) is 5.43 Å². The number of methoxy groups -OCH3 is 1. The van der Waals surface area contributed by atoms with Crippen molar-refractivity contribution in [2.24, 2.45) is 0 Å². The van der Waals surface area contributed by atoms with Gasteiger partial charge < -0.3 is 9.47 Å². The number of nitrogens with zero attached hydrogens (tertiary/aromatic N) is 1. The molecule has 0 atom stereocenters. The van der Waals surface area contributed by atoms with Gasteiger partial charge in [0.2, 0.25) is 0 Å². The van der Waals surface area contributed by atoms with Gasteiger partial charge in [0.05, 0.1) is 27.6 Å². The predicted molar refractivity (Wildman–Crippen MR) is 143 cm³/mol. The third kappa shape index (κ3) is 5.65. The SMILES string of the molecule is COc1cc(/C=C2/SC(=S)N(NC(=O)c3ccccc3Cl)C2=O)ccc1OCc1c(F)cccc1Cl. The number of thioether (sulfide) groups is 1. The summed E-state index contributed by atoms with van der Waals surface area (Å²) in [5, 5.41) is 1.52. The molecule has 36 heavy (non-hydrogen) atoms. The fourth-order valence-electron chi connectivity index (χ4n) is 3.24. The van der Waals surface area contributed by atoms with Gasteiger partial charge in [-0.2, -0.15) is 5.01 Å². The Morgan fingerprint density at radius 3 is 2.58 bits per heavy atom. The molecular weight excluding hydrogens is 546 g/mol. The molecule has 0 unspecified atom stereocenters. The number of nitrogens with one attached hydrogen (secondary N) is 1. The average molecular weight is 563 g/mol. The highest BCUT2D eigenvalue weighted by Gasteiger charge is 2.34. The lowest BCUT2D eigenvalue weighted by atomic mass is 10.1. The average Bonchev–Trinajstić information content (AvgIpc) is 3.11. The van der Waals surface area contributed by atoms with Gasteiger partial charge in [-0.3, -0.25) is 15.0 Å². The fraction of sp³-hybridized carbons (Fsp3) is 0.0800. The Kier molecular flexibility index (Phi) is 8.15. The Morgan fingerprint density at radius 1 is 1.11 bits per heavy atom. The second-order valence-electron chi connectivity index (χ2n) is 7.34. The second kappa shape index (κ2) is 11.3. The highest BCUT2D eigenvalue weighted by Crippen LogP contribution is 2.35. The molecule has 11 heteroatoms. The number of benzene rings is 3. The van der Waals surface area contributed by atoms with E-state index in [0.717, 1.165) is 16.8 Å². The van der Waals surface area contributed by atoms with E-state index in [0.29, 0.717) is 22.0 Å². The van der Waals surface area contributed by atoms with Crippen molar-refractivity contribution in [1.82, 2.24) is 10.4 Å². The van der Waals surface area contributed by atoms with Crippen LogP contribution in [0, 0.1) is 5.82 Å². The van der Waals surface area contributed by atoms with E-state index in [1.54, 1.807) is 54.6 Å². The van der Waals surface area contributed by atoms with Crippen molar-refractivity contribution >= 4 is 69.4 Å². The number of hydrazine groups is 1. The number of amides is 2. The summed E-state index contributed by atoms with van der Waals surface area (Å²) in [5.41, 5.74) is 3.57. The molecule has 0 spiro atoms. The third-order valence-electron chi connectivity index (χ3n) is 5.04. The van der Waals surface area contributed by atoms with Crippen LogP contribution in [0.15, 0.2) is 65.6 Å². The van der Waals surface area contributed by atoms with E-state index in [4.69, 9.17) is 44.9 Å². The van der Waals surface area contributed by atoms with Crippen molar-refractivity contribution in [3.63, 3.8) is 0 Å². The highest BCUT2D eigenvalue weighted by molar-refractivity contribution is 8.26. The number of hydrogen-bond acceptors (Lipinski definition) is 6. The molecule has 3 aromatic carbocycles. The van der Waals surface area contributed by atoms with Crippen LogP contribution in [0.2, 0.25) is 10.0 Å². The quantitative estimate of drug-likeness (QED) is 0.270. The van der Waals surface area contributed by atoms with Gasteiger partial charge in [0.1, 0.15) is 12.4 Å². The summed E-state index contributed by atoms with van der Waals surface area (Å²) in [6.07, 6.45) is 1.61. The molecule has 0 aromatic heterocycles. The monoisotopic (exact) mass is 562 g/mol. The van der Waals surface area contributed by atoms with Crippen molar-refractivity contribution in [1.29, 1.82) is 0 Å². The number of halogens is 3. The van der Waals surface area contributed by atoms with Crippen LogP contribution in [-0.4, -0.2) is 28.3 Å². The normalized spacial score (nSPS) is 14.3. The third-order valence-corrected chi connectivity index (χ3v) is 7.03. The maximum Gasteiger partial charge on any atom is 0.285 e. The van der Waals surface area contributed by atoms with E-state index >= 15 is 0 Å². The molecule has 3 aromatic rings. The Balaban J connectivity index is 1.49. The minimum absolute atomic E-state index is 0.0923. The summed E-state index contributed by atoms with van der Waals surface area (Å²) >= 11 is 18.4. The molecule has 1 fully saturated rings. The molecule has 0 saturated carbocycles. The maximum atomic E-state index is 14.0. The summed E-state index contributed by atoms with van der Waals surface area (Å²) < 4.78 is 25.3. The highest BCUT2D eigenvalue weighted by atomic mass is 35.5. The van der Waals surface area contributed by atoms with Crippen LogP contribution in [0.1, 0.15) is 21.5 Å². The molecule has 1 saturated heterocycles. The molecular formula is C25H17Cl2FN2O4S2. The minimum atomic E-state index is -0.559. The van der Waals surface area contributed by atoms with Gasteiger partial charge in [-0.15, -0.1) is 0 Å². The Morgan fingerprint density at radius 2 is 1.86 bits per heavy atom. The molecule has 0 bridgehead atoms. The van der Waals surface area contributed by atoms with Gasteiger partial charge in [-0.1, -0.05) is 59.2 Å². The molecule has 1 aliphatic heterocycles. The number of hydrogen-bond donors (Lipinski definition) is 1. The zero-order valence-electron chi connectivity index (χ0n) is 18.6. The van der Waals surface area contributed by atoms with Crippen LogP contribution < -0.4 is 14.9 Å². The molecule has 6 nitrogen and oxygen atoms in total. The maximum absolute atomic E-state index is 14.0. The molecule has 0 radical (unpaired) electrons. The minimum Gasteiger partial charge on any atom is -0.493 e. The van der Waals surface area contributed by atoms with Crippen molar-refractivity contribution in [3.05, 3.63) is 98.1 Å². The molecule has 2 amide bonds. The first-order chi connectivity index (χ1) is 17.3. The van der Waals surface area contributed by atoms with Crippen molar-refractivity contribution in [2.45, 2.75) is 6.61 Å². The number of thiocarbonyl (C=S) groups is 1. The summed E-state index contributed by atoms with van der Waals surface area (Å²) in [6, 6.07) is 15.9. The Labute approximate surface area is 225 Å². The zero-order chi connectivity index (χ0) is 25.8. The van der Waals surface area contributed by atoms with Gasteiger partial charge in [0, 0.05) is 5.56 Å². The number of rotatable bonds is 7. The van der Waals surface area contributed by atoms with Gasteiger partial charge in [-0.05, 0) is 60.3 Å². The second-order valence-corrected chi connectivity index (χ2v) is 9.83. The van der Waals surface area contributed by atoms with E-state index in [9.17, 15) is 14.0 Å². The standard InChI is InChI=1S/C25H17Cl2FN2O4S2/c1-33-21-11-14(9-10-20(21)34-13-16-18(27)7-4-8-19(16)28)12-22-24(32)30(25(35)36-22)29-23(31)15-5-2-3-6-17(15)26/h2-12H,13H2,1H3,(H,29,31)/b22-12+. The molecule has 1 aliphatic rings. The van der Waals surface area contributed by atoms with Gasteiger partial charge in [0.25, 0.3) is 11.8 Å². The van der Waals surface area contributed by atoms with Crippen LogP contribution in [0.5, 0.6) is 11.5 Å². The molecule has 0 aliphatic carbocycles. The summed E-state index contributed by atoms with van der Waals surface area (Å²) in [5.74, 6) is -0.774. The van der Waals surface area contributed by atoms with Gasteiger partial charge >= 0.3 is 0 Å². The largest absolute Gasteiger partial charge is 0.493 e. The predicted octanol–water partition coefficient (Wildman–Crippen LogP) is 6.27. The lowest BCUT2D eigenvalue weighted by Crippen LogP contribution is -2.44. The van der Waals surface area contributed by atoms with E-state index in [-0.39, 0.29) is 32.1 Å². The molecule has 1 heterocycles. The first-order valence-corrected chi connectivity index (χ1v) is 12.3. The summed E-state index contributed by atoms with van der Waals surface area (Å²) in [7, 11) is 1.46. The van der Waals surface area contributed by atoms with Crippen LogP contribution >= 0.6 is 47.2 Å². The Bertz CT molecular complexity index is 1380. The molecule has 184 valence electrons. The van der Waals surface area contributed by atoms with Crippen molar-refractivity contribution in [3.8, 4) is 11.5 Å². The number of carbonyl (C=O) groups is 2. The first kappa shape index (κ1) is 26.0. The fourth-order valence-corrected chi connectivity index (χ4v) is 4.85. The van der Waals surface area contributed by atoms with Gasteiger partial charge in [-0.25, -0.2) is 4.39 Å². The van der Waals surface area contributed by atoms with Crippen molar-refractivity contribution < 1.29 is 23.5 Å².